The number of likely N-dealkylation sites (N-methyl/N-ethyl adjacent to an activating group) is 1. The number of pyridine rings is 1. The first-order valence-corrected chi connectivity index (χ1v) is 8.44. The Hall–Kier alpha value is -0.600. The molecule has 1 heterocycles. The van der Waals surface area contributed by atoms with Gasteiger partial charge >= 0.3 is 0 Å². The van der Waals surface area contributed by atoms with Crippen molar-refractivity contribution in [3.05, 3.63) is 29.0 Å². The summed E-state index contributed by atoms with van der Waals surface area (Å²) in [5.41, 5.74) is 1.23. The summed E-state index contributed by atoms with van der Waals surface area (Å²) in [6.45, 7) is 5.55. The number of aromatic nitrogens is 1. The Morgan fingerprint density at radius 1 is 1.30 bits per heavy atom. The Balaban J connectivity index is 1.99. The Labute approximate surface area is 128 Å². The minimum absolute atomic E-state index is 0.553. The van der Waals surface area contributed by atoms with Crippen molar-refractivity contribution < 1.29 is 0 Å². The van der Waals surface area contributed by atoms with Crippen LogP contribution in [0.3, 0.4) is 0 Å². The zero-order valence-electron chi connectivity index (χ0n) is 12.7. The van der Waals surface area contributed by atoms with Crippen LogP contribution in [0.15, 0.2) is 18.5 Å². The molecule has 1 aliphatic carbocycles. The number of rotatable bonds is 6. The highest BCUT2D eigenvalue weighted by Crippen LogP contribution is 2.33. The second-order valence-electron chi connectivity index (χ2n) is 6.02. The van der Waals surface area contributed by atoms with Crippen LogP contribution in [0.4, 0.5) is 0 Å². The Bertz CT molecular complexity index is 400. The van der Waals surface area contributed by atoms with Gasteiger partial charge in [0.25, 0.3) is 0 Å². The summed E-state index contributed by atoms with van der Waals surface area (Å²) in [5, 5.41) is 4.49. The van der Waals surface area contributed by atoms with Crippen LogP contribution in [0.25, 0.3) is 0 Å². The molecule has 1 unspecified atom stereocenters. The van der Waals surface area contributed by atoms with E-state index in [0.717, 1.165) is 29.8 Å². The molecule has 112 valence electrons. The molecule has 0 bridgehead atoms. The van der Waals surface area contributed by atoms with Gasteiger partial charge in [0.15, 0.2) is 0 Å². The normalized spacial score (nSPS) is 24.6. The minimum Gasteiger partial charge on any atom is -0.314 e. The molecule has 1 N–H and O–H groups in total. The summed E-state index contributed by atoms with van der Waals surface area (Å²) in [6.07, 6.45) is 11.5. The molecule has 1 atom stereocenters. The molecule has 1 aromatic rings. The summed E-state index contributed by atoms with van der Waals surface area (Å²) < 4.78 is 0. The van der Waals surface area contributed by atoms with Gasteiger partial charge in [-0.1, -0.05) is 44.7 Å². The van der Waals surface area contributed by atoms with Crippen LogP contribution < -0.4 is 5.32 Å². The largest absolute Gasteiger partial charge is 0.314 e. The lowest BCUT2D eigenvalue weighted by Crippen LogP contribution is -2.39. The first-order chi connectivity index (χ1) is 9.74. The highest BCUT2D eigenvalue weighted by molar-refractivity contribution is 6.31. The van der Waals surface area contributed by atoms with E-state index in [1.165, 1.54) is 37.7 Å². The number of halogens is 1. The summed E-state index contributed by atoms with van der Waals surface area (Å²) in [6, 6.07) is 2.61. The standard InChI is InChI=1S/C17H27ClN2/c1-3-13-5-7-14(8-6-13)17(20-4-2)11-15-9-10-19-12-16(15)18/h9-10,12-14,17,20H,3-8,11H2,1-2H3. The highest BCUT2D eigenvalue weighted by atomic mass is 35.5. The van der Waals surface area contributed by atoms with Crippen molar-refractivity contribution in [1.82, 2.24) is 10.3 Å². The zero-order chi connectivity index (χ0) is 14.4. The van der Waals surface area contributed by atoms with Crippen molar-refractivity contribution in [2.45, 2.75) is 58.4 Å². The van der Waals surface area contributed by atoms with E-state index in [-0.39, 0.29) is 0 Å². The van der Waals surface area contributed by atoms with Gasteiger partial charge in [0.05, 0.1) is 5.02 Å². The fourth-order valence-corrected chi connectivity index (χ4v) is 3.67. The van der Waals surface area contributed by atoms with Crippen molar-refractivity contribution in [2.75, 3.05) is 6.54 Å². The van der Waals surface area contributed by atoms with Gasteiger partial charge in [-0.25, -0.2) is 0 Å². The maximum absolute atomic E-state index is 6.26. The minimum atomic E-state index is 0.553. The van der Waals surface area contributed by atoms with Crippen LogP contribution >= 0.6 is 11.6 Å². The first-order valence-electron chi connectivity index (χ1n) is 8.06. The topological polar surface area (TPSA) is 24.9 Å². The Kier molecular flexibility index (Phi) is 6.31. The molecule has 2 rings (SSSR count). The van der Waals surface area contributed by atoms with Crippen LogP contribution in [-0.4, -0.2) is 17.6 Å². The summed E-state index contributed by atoms with van der Waals surface area (Å²) in [5.74, 6) is 1.75. The third-order valence-electron chi connectivity index (χ3n) is 4.80. The van der Waals surface area contributed by atoms with Crippen molar-refractivity contribution >= 4 is 11.6 Å². The maximum atomic E-state index is 6.26. The van der Waals surface area contributed by atoms with E-state index in [2.05, 4.69) is 30.2 Å². The van der Waals surface area contributed by atoms with Crippen LogP contribution in [0, 0.1) is 11.8 Å². The molecule has 1 aromatic heterocycles. The van der Waals surface area contributed by atoms with Gasteiger partial charge in [-0.2, -0.15) is 0 Å². The molecule has 0 saturated heterocycles. The maximum Gasteiger partial charge on any atom is 0.0621 e. The van der Waals surface area contributed by atoms with Gasteiger partial charge in [-0.15, -0.1) is 0 Å². The average Bonchev–Trinajstić information content (AvgIpc) is 2.49. The van der Waals surface area contributed by atoms with Gasteiger partial charge in [0.2, 0.25) is 0 Å². The second-order valence-corrected chi connectivity index (χ2v) is 6.43. The third-order valence-corrected chi connectivity index (χ3v) is 5.14. The van der Waals surface area contributed by atoms with E-state index in [1.54, 1.807) is 6.20 Å². The molecule has 0 amide bonds. The van der Waals surface area contributed by atoms with Gasteiger partial charge < -0.3 is 5.32 Å². The van der Waals surface area contributed by atoms with E-state index < -0.39 is 0 Å². The number of nitrogens with zero attached hydrogens (tertiary/aromatic N) is 1. The van der Waals surface area contributed by atoms with Gasteiger partial charge in [-0.05, 0) is 49.3 Å². The molecule has 1 saturated carbocycles. The lowest BCUT2D eigenvalue weighted by atomic mass is 9.76. The fraction of sp³-hybridized carbons (Fsp3) is 0.706. The SMILES string of the molecule is CCNC(Cc1ccncc1Cl)C1CCC(CC)CC1. The van der Waals surface area contributed by atoms with Crippen LogP contribution in [-0.2, 0) is 6.42 Å². The average molecular weight is 295 g/mol. The second kappa shape index (κ2) is 7.99. The van der Waals surface area contributed by atoms with E-state index in [4.69, 9.17) is 11.6 Å². The zero-order valence-corrected chi connectivity index (χ0v) is 13.5. The predicted octanol–water partition coefficient (Wildman–Crippen LogP) is 4.47. The van der Waals surface area contributed by atoms with Crippen LogP contribution in [0.1, 0.15) is 51.5 Å². The third kappa shape index (κ3) is 4.20. The molecular weight excluding hydrogens is 268 g/mol. The summed E-state index contributed by atoms with van der Waals surface area (Å²) >= 11 is 6.26. The van der Waals surface area contributed by atoms with E-state index in [1.807, 2.05) is 6.20 Å². The quantitative estimate of drug-likeness (QED) is 0.837. The molecule has 20 heavy (non-hydrogen) atoms. The van der Waals surface area contributed by atoms with E-state index >= 15 is 0 Å². The lowest BCUT2D eigenvalue weighted by Gasteiger charge is -2.34. The van der Waals surface area contributed by atoms with Crippen molar-refractivity contribution in [1.29, 1.82) is 0 Å². The lowest BCUT2D eigenvalue weighted by molar-refractivity contribution is 0.218. The molecule has 0 spiro atoms. The Morgan fingerprint density at radius 2 is 2.05 bits per heavy atom. The van der Waals surface area contributed by atoms with Crippen LogP contribution in [0.5, 0.6) is 0 Å². The molecule has 0 aliphatic heterocycles. The van der Waals surface area contributed by atoms with Crippen molar-refractivity contribution in [3.63, 3.8) is 0 Å². The Morgan fingerprint density at radius 3 is 2.65 bits per heavy atom. The predicted molar refractivity (Wildman–Crippen MR) is 86.2 cm³/mol. The highest BCUT2D eigenvalue weighted by Gasteiger charge is 2.27. The molecule has 2 nitrogen and oxygen atoms in total. The summed E-state index contributed by atoms with van der Waals surface area (Å²) in [4.78, 5) is 4.08. The summed E-state index contributed by atoms with van der Waals surface area (Å²) in [7, 11) is 0. The first kappa shape index (κ1) is 15.8. The van der Waals surface area contributed by atoms with Gasteiger partial charge in [0, 0.05) is 18.4 Å². The molecule has 3 heteroatoms. The smallest absolute Gasteiger partial charge is 0.0621 e. The van der Waals surface area contributed by atoms with Crippen molar-refractivity contribution in [3.8, 4) is 0 Å². The van der Waals surface area contributed by atoms with Gasteiger partial charge in [0.1, 0.15) is 0 Å². The molecule has 0 radical (unpaired) electrons. The van der Waals surface area contributed by atoms with E-state index in [9.17, 15) is 0 Å². The van der Waals surface area contributed by atoms with Crippen LogP contribution in [0.2, 0.25) is 5.02 Å². The molecule has 1 fully saturated rings. The fourth-order valence-electron chi connectivity index (χ4n) is 3.47. The van der Waals surface area contributed by atoms with Gasteiger partial charge in [-0.3, -0.25) is 4.98 Å². The number of nitrogens with one attached hydrogen (secondary N) is 1. The molecular formula is C17H27ClN2. The monoisotopic (exact) mass is 294 g/mol. The molecule has 1 aliphatic rings. The van der Waals surface area contributed by atoms with Crippen molar-refractivity contribution in [2.24, 2.45) is 11.8 Å². The van der Waals surface area contributed by atoms with E-state index in [0.29, 0.717) is 6.04 Å². The number of hydrogen-bond acceptors (Lipinski definition) is 2. The molecule has 0 aromatic carbocycles. The number of hydrogen-bond donors (Lipinski definition) is 1.